The van der Waals surface area contributed by atoms with Crippen molar-refractivity contribution in [2.24, 2.45) is 0 Å². The Kier molecular flexibility index (Phi) is 5.29. The second-order valence-corrected chi connectivity index (χ2v) is 9.86. The first-order valence-electron chi connectivity index (χ1n) is 12.2. The van der Waals surface area contributed by atoms with Gasteiger partial charge < -0.3 is 19.9 Å². The fraction of sp³-hybridized carbons (Fsp3) is 0.407. The number of urea groups is 1. The number of hydrogen-bond acceptors (Lipinski definition) is 4. The summed E-state index contributed by atoms with van der Waals surface area (Å²) in [5.74, 6) is 1.27. The lowest BCUT2D eigenvalue weighted by Gasteiger charge is -2.30. The molecular formula is C27H31N5O2. The number of fused-ring (bicyclic) bond motifs is 2. The molecule has 1 unspecified atom stereocenters. The quantitative estimate of drug-likeness (QED) is 0.632. The monoisotopic (exact) mass is 457 g/mol. The molecule has 34 heavy (non-hydrogen) atoms. The van der Waals surface area contributed by atoms with Crippen molar-refractivity contribution in [3.05, 3.63) is 70.4 Å². The van der Waals surface area contributed by atoms with E-state index in [-0.39, 0.29) is 12.1 Å². The van der Waals surface area contributed by atoms with Crippen LogP contribution in [0.1, 0.15) is 33.9 Å². The number of amides is 2. The molecule has 7 nitrogen and oxygen atoms in total. The highest BCUT2D eigenvalue weighted by molar-refractivity contribution is 5.76. The number of likely N-dealkylation sites (N-methyl/N-ethyl adjacent to an activating group) is 1. The number of carbonyl (C=O) groups excluding carboxylic acids is 1. The number of nitrogens with zero attached hydrogens (tertiary/aromatic N) is 3. The van der Waals surface area contributed by atoms with Gasteiger partial charge in [0.05, 0.1) is 24.9 Å². The summed E-state index contributed by atoms with van der Waals surface area (Å²) < 4.78 is 5.66. The molecule has 6 rings (SSSR count). The van der Waals surface area contributed by atoms with Crippen molar-refractivity contribution in [3.63, 3.8) is 0 Å². The molecule has 176 valence electrons. The molecule has 2 aromatic carbocycles. The van der Waals surface area contributed by atoms with Crippen molar-refractivity contribution in [3.8, 4) is 17.0 Å². The van der Waals surface area contributed by atoms with Gasteiger partial charge in [0.1, 0.15) is 5.75 Å². The minimum atomic E-state index is 0.0130. The van der Waals surface area contributed by atoms with Gasteiger partial charge in [0.25, 0.3) is 0 Å². The Morgan fingerprint density at radius 1 is 1.18 bits per heavy atom. The van der Waals surface area contributed by atoms with Crippen molar-refractivity contribution >= 4 is 6.03 Å². The van der Waals surface area contributed by atoms with Crippen LogP contribution in [0.2, 0.25) is 0 Å². The molecule has 1 fully saturated rings. The van der Waals surface area contributed by atoms with E-state index in [9.17, 15) is 4.79 Å². The highest BCUT2D eigenvalue weighted by atomic mass is 16.5. The average Bonchev–Trinajstić information content (AvgIpc) is 3.56. The summed E-state index contributed by atoms with van der Waals surface area (Å²) in [4.78, 5) is 17.6. The van der Waals surface area contributed by atoms with Crippen molar-refractivity contribution in [2.45, 2.75) is 38.3 Å². The third kappa shape index (κ3) is 3.74. The number of nitrogens with one attached hydrogen (secondary N) is 2. The molecule has 7 heteroatoms. The first-order chi connectivity index (χ1) is 16.6. The summed E-state index contributed by atoms with van der Waals surface area (Å²) in [5.41, 5.74) is 8.13. The molecule has 3 aromatic rings. The highest BCUT2D eigenvalue weighted by Crippen LogP contribution is 2.34. The number of likely N-dealkylation sites (tertiary alicyclic amines) is 1. The largest absolute Gasteiger partial charge is 0.493 e. The topological polar surface area (TPSA) is 73.5 Å². The van der Waals surface area contributed by atoms with Gasteiger partial charge in [0, 0.05) is 55.2 Å². The lowest BCUT2D eigenvalue weighted by Crippen LogP contribution is -2.48. The maximum absolute atomic E-state index is 13.4. The molecule has 4 heterocycles. The van der Waals surface area contributed by atoms with Crippen LogP contribution in [-0.2, 0) is 19.4 Å². The lowest BCUT2D eigenvalue weighted by atomic mass is 9.91. The van der Waals surface area contributed by atoms with E-state index in [2.05, 4.69) is 70.8 Å². The Hall–Kier alpha value is -3.32. The van der Waals surface area contributed by atoms with Crippen LogP contribution < -0.4 is 10.1 Å². The summed E-state index contributed by atoms with van der Waals surface area (Å²) in [6.45, 7) is 5.97. The first kappa shape index (κ1) is 21.2. The average molecular weight is 458 g/mol. The molecule has 2 N–H and O–H groups in total. The van der Waals surface area contributed by atoms with Gasteiger partial charge in [-0.3, -0.25) is 5.10 Å². The maximum Gasteiger partial charge on any atom is 0.317 e. The van der Waals surface area contributed by atoms with E-state index in [0.29, 0.717) is 19.0 Å². The molecule has 2 amide bonds. The molecule has 1 saturated heterocycles. The minimum absolute atomic E-state index is 0.0130. The van der Waals surface area contributed by atoms with E-state index in [1.54, 1.807) is 0 Å². The van der Waals surface area contributed by atoms with Crippen LogP contribution in [0.5, 0.6) is 5.75 Å². The van der Waals surface area contributed by atoms with Crippen molar-refractivity contribution < 1.29 is 9.53 Å². The summed E-state index contributed by atoms with van der Waals surface area (Å²) in [7, 11) is 2.13. The highest BCUT2D eigenvalue weighted by Gasteiger charge is 2.35. The number of aryl methyl sites for hydroxylation is 1. The third-order valence-corrected chi connectivity index (χ3v) is 7.58. The van der Waals surface area contributed by atoms with Gasteiger partial charge in [-0.2, -0.15) is 5.10 Å². The van der Waals surface area contributed by atoms with Crippen LogP contribution >= 0.6 is 0 Å². The number of aromatic amines is 1. The van der Waals surface area contributed by atoms with Gasteiger partial charge in [-0.05, 0) is 48.9 Å². The Labute approximate surface area is 200 Å². The first-order valence-corrected chi connectivity index (χ1v) is 12.2. The van der Waals surface area contributed by atoms with Gasteiger partial charge in [0.2, 0.25) is 0 Å². The molecule has 0 saturated carbocycles. The lowest BCUT2D eigenvalue weighted by molar-refractivity contribution is 0.187. The normalized spacial score (nSPS) is 21.8. The molecule has 0 bridgehead atoms. The fourth-order valence-corrected chi connectivity index (χ4v) is 5.76. The smallest absolute Gasteiger partial charge is 0.317 e. The van der Waals surface area contributed by atoms with Crippen LogP contribution in [0.15, 0.2) is 42.5 Å². The molecule has 0 aliphatic carbocycles. The minimum Gasteiger partial charge on any atom is -0.493 e. The Balaban J connectivity index is 1.20. The Morgan fingerprint density at radius 2 is 2.06 bits per heavy atom. The Bertz CT molecular complexity index is 1240. The van der Waals surface area contributed by atoms with Crippen LogP contribution in [0.4, 0.5) is 4.79 Å². The molecular weight excluding hydrogens is 426 g/mol. The van der Waals surface area contributed by atoms with E-state index in [4.69, 9.17) is 4.74 Å². The second-order valence-electron chi connectivity index (χ2n) is 9.86. The number of carbonyl (C=O) groups is 1. The predicted octanol–water partition coefficient (Wildman–Crippen LogP) is 3.49. The maximum atomic E-state index is 13.4. The number of ether oxygens (including phenoxy) is 1. The summed E-state index contributed by atoms with van der Waals surface area (Å²) in [6.07, 6.45) is 1.72. The van der Waals surface area contributed by atoms with Crippen molar-refractivity contribution in [1.82, 2.24) is 25.3 Å². The van der Waals surface area contributed by atoms with E-state index >= 15 is 0 Å². The zero-order chi connectivity index (χ0) is 23.2. The third-order valence-electron chi connectivity index (χ3n) is 7.58. The SMILES string of the molecule is Cc1ccccc1[C@@H]1CN(C)CC1NC(=O)N1CCc2[nH]nc(-c3ccc4c(c3)CCO4)c2C1. The van der Waals surface area contributed by atoms with Gasteiger partial charge in [-0.1, -0.05) is 24.3 Å². The van der Waals surface area contributed by atoms with E-state index in [0.717, 1.165) is 60.8 Å². The van der Waals surface area contributed by atoms with Crippen molar-refractivity contribution in [1.29, 1.82) is 0 Å². The molecule has 3 aliphatic heterocycles. The van der Waals surface area contributed by atoms with Crippen LogP contribution in [0.3, 0.4) is 0 Å². The van der Waals surface area contributed by atoms with Gasteiger partial charge in [-0.25, -0.2) is 4.79 Å². The van der Waals surface area contributed by atoms with Crippen LogP contribution in [0, 0.1) is 6.92 Å². The number of aromatic nitrogens is 2. The molecule has 0 spiro atoms. The molecule has 1 aromatic heterocycles. The molecule has 0 radical (unpaired) electrons. The Morgan fingerprint density at radius 3 is 2.94 bits per heavy atom. The van der Waals surface area contributed by atoms with Crippen LogP contribution in [0.25, 0.3) is 11.3 Å². The second kappa shape index (κ2) is 8.47. The zero-order valence-electron chi connectivity index (χ0n) is 19.8. The number of H-pyrrole nitrogens is 1. The summed E-state index contributed by atoms with van der Waals surface area (Å²) in [5, 5.41) is 11.2. The van der Waals surface area contributed by atoms with Crippen LogP contribution in [-0.4, -0.2) is 65.4 Å². The van der Waals surface area contributed by atoms with Crippen molar-refractivity contribution in [2.75, 3.05) is 33.3 Å². The van der Waals surface area contributed by atoms with Gasteiger partial charge in [0.15, 0.2) is 0 Å². The van der Waals surface area contributed by atoms with E-state index in [1.165, 1.54) is 16.7 Å². The number of benzene rings is 2. The number of hydrogen-bond donors (Lipinski definition) is 2. The summed E-state index contributed by atoms with van der Waals surface area (Å²) in [6, 6.07) is 14.9. The number of rotatable bonds is 3. The van der Waals surface area contributed by atoms with Gasteiger partial charge >= 0.3 is 6.03 Å². The molecule has 3 aliphatic rings. The van der Waals surface area contributed by atoms with E-state index in [1.807, 2.05) is 11.0 Å². The fourth-order valence-electron chi connectivity index (χ4n) is 5.76. The van der Waals surface area contributed by atoms with E-state index < -0.39 is 0 Å². The summed E-state index contributed by atoms with van der Waals surface area (Å²) >= 11 is 0. The molecule has 2 atom stereocenters. The predicted molar refractivity (Wildman–Crippen MR) is 131 cm³/mol. The standard InChI is InChI=1S/C27H31N5O2/c1-17-5-3-4-6-20(17)21-14-31(2)16-24(21)28-27(33)32-11-9-23-22(15-32)26(30-29-23)19-7-8-25-18(13-19)10-12-34-25/h3-8,13,21,24H,9-12,14-16H2,1-2H3,(H,28,33)(H,29,30)/t21-,24?/m0/s1. The zero-order valence-corrected chi connectivity index (χ0v) is 19.8. The van der Waals surface area contributed by atoms with Gasteiger partial charge in [-0.15, -0.1) is 0 Å².